The highest BCUT2D eigenvalue weighted by Gasteiger charge is 2.29. The Morgan fingerprint density at radius 2 is 1.94 bits per heavy atom. The Balaban J connectivity index is 2.08. The Morgan fingerprint density at radius 1 is 1.28 bits per heavy atom. The fourth-order valence-corrected chi connectivity index (χ4v) is 2.25. The van der Waals surface area contributed by atoms with Crippen molar-refractivity contribution in [3.05, 3.63) is 35.4 Å². The molecule has 1 aromatic carbocycles. The van der Waals surface area contributed by atoms with E-state index in [2.05, 4.69) is 4.90 Å². The highest BCUT2D eigenvalue weighted by atomic mass is 19.2. The number of nitrogens with zero attached hydrogens (tertiary/aromatic N) is 1. The summed E-state index contributed by atoms with van der Waals surface area (Å²) in [6.07, 6.45) is 0.476. The summed E-state index contributed by atoms with van der Waals surface area (Å²) in [5, 5.41) is 0. The third-order valence-corrected chi connectivity index (χ3v) is 3.28. The number of benzene rings is 1. The normalized spacial score (nSPS) is 20.7. The number of hydrogen-bond donors (Lipinski definition) is 1. The van der Waals surface area contributed by atoms with E-state index in [4.69, 9.17) is 10.5 Å². The first kappa shape index (κ1) is 13.4. The SMILES string of the molecule is CC(N)(Cc1ccc(F)c(F)c1)N1CCOCC1. The van der Waals surface area contributed by atoms with Gasteiger partial charge in [-0.25, -0.2) is 8.78 Å². The van der Waals surface area contributed by atoms with Crippen molar-refractivity contribution < 1.29 is 13.5 Å². The van der Waals surface area contributed by atoms with E-state index < -0.39 is 17.3 Å². The molecule has 18 heavy (non-hydrogen) atoms. The lowest BCUT2D eigenvalue weighted by Crippen LogP contribution is -2.58. The molecule has 1 aromatic rings. The molecule has 3 nitrogen and oxygen atoms in total. The van der Waals surface area contributed by atoms with Gasteiger partial charge >= 0.3 is 0 Å². The molecule has 1 aliphatic rings. The molecule has 0 amide bonds. The van der Waals surface area contributed by atoms with Gasteiger partial charge in [-0.15, -0.1) is 0 Å². The number of halogens is 2. The van der Waals surface area contributed by atoms with Gasteiger partial charge in [0.15, 0.2) is 11.6 Å². The van der Waals surface area contributed by atoms with E-state index in [0.29, 0.717) is 25.2 Å². The molecule has 1 heterocycles. The minimum absolute atomic E-state index is 0.476. The third kappa shape index (κ3) is 3.04. The van der Waals surface area contributed by atoms with Gasteiger partial charge in [-0.05, 0) is 24.6 Å². The first-order valence-electron chi connectivity index (χ1n) is 6.05. The summed E-state index contributed by atoms with van der Waals surface area (Å²) in [6.45, 7) is 4.74. The lowest BCUT2D eigenvalue weighted by atomic mass is 10.00. The highest BCUT2D eigenvalue weighted by molar-refractivity contribution is 5.19. The number of ether oxygens (including phenoxy) is 1. The molecule has 0 saturated carbocycles. The zero-order valence-corrected chi connectivity index (χ0v) is 10.5. The van der Waals surface area contributed by atoms with Crippen LogP contribution in [0.4, 0.5) is 8.78 Å². The Labute approximate surface area is 106 Å². The summed E-state index contributed by atoms with van der Waals surface area (Å²) in [4.78, 5) is 2.11. The van der Waals surface area contributed by atoms with Crippen LogP contribution in [0.1, 0.15) is 12.5 Å². The second-order valence-electron chi connectivity index (χ2n) is 4.88. The van der Waals surface area contributed by atoms with Gasteiger partial charge in [0.25, 0.3) is 0 Å². The van der Waals surface area contributed by atoms with Crippen molar-refractivity contribution >= 4 is 0 Å². The summed E-state index contributed by atoms with van der Waals surface area (Å²) in [6, 6.07) is 3.92. The lowest BCUT2D eigenvalue weighted by molar-refractivity contribution is -0.0142. The van der Waals surface area contributed by atoms with E-state index in [-0.39, 0.29) is 0 Å². The van der Waals surface area contributed by atoms with Crippen LogP contribution in [-0.2, 0) is 11.2 Å². The molecule has 1 fully saturated rings. The maximum Gasteiger partial charge on any atom is 0.159 e. The Hall–Kier alpha value is -1.04. The molecule has 5 heteroatoms. The average Bonchev–Trinajstić information content (AvgIpc) is 2.35. The minimum Gasteiger partial charge on any atom is -0.379 e. The van der Waals surface area contributed by atoms with Crippen LogP contribution < -0.4 is 5.73 Å². The van der Waals surface area contributed by atoms with Crippen LogP contribution in [0.5, 0.6) is 0 Å². The zero-order valence-electron chi connectivity index (χ0n) is 10.5. The fourth-order valence-electron chi connectivity index (χ4n) is 2.25. The number of hydrogen-bond acceptors (Lipinski definition) is 3. The van der Waals surface area contributed by atoms with Crippen LogP contribution >= 0.6 is 0 Å². The molecule has 0 bridgehead atoms. The van der Waals surface area contributed by atoms with Gasteiger partial charge in [0, 0.05) is 19.5 Å². The van der Waals surface area contributed by atoms with Crippen molar-refractivity contribution in [2.24, 2.45) is 5.73 Å². The Morgan fingerprint density at radius 3 is 2.56 bits per heavy atom. The standard InChI is InChI=1S/C13H18F2N2O/c1-13(16,17-4-6-18-7-5-17)9-10-2-3-11(14)12(15)8-10/h2-3,8H,4-7,9,16H2,1H3. The summed E-state index contributed by atoms with van der Waals surface area (Å²) in [7, 11) is 0. The third-order valence-electron chi connectivity index (χ3n) is 3.28. The van der Waals surface area contributed by atoms with Gasteiger partial charge in [-0.2, -0.15) is 0 Å². The second kappa shape index (κ2) is 5.30. The molecular formula is C13H18F2N2O. The van der Waals surface area contributed by atoms with Crippen LogP contribution in [0.3, 0.4) is 0 Å². The second-order valence-corrected chi connectivity index (χ2v) is 4.88. The molecule has 1 unspecified atom stereocenters. The van der Waals surface area contributed by atoms with Gasteiger partial charge in [-0.1, -0.05) is 6.07 Å². The molecule has 0 radical (unpaired) electrons. The zero-order chi connectivity index (χ0) is 13.2. The van der Waals surface area contributed by atoms with Gasteiger partial charge in [0.2, 0.25) is 0 Å². The van der Waals surface area contributed by atoms with Crippen molar-refractivity contribution in [2.75, 3.05) is 26.3 Å². The van der Waals surface area contributed by atoms with Crippen LogP contribution in [0.25, 0.3) is 0 Å². The summed E-state index contributed by atoms with van der Waals surface area (Å²) < 4.78 is 31.3. The maximum atomic E-state index is 13.1. The molecule has 1 aliphatic heterocycles. The van der Waals surface area contributed by atoms with Crippen LogP contribution in [0.2, 0.25) is 0 Å². The Bertz CT molecular complexity index is 417. The van der Waals surface area contributed by atoms with Gasteiger partial charge in [0.05, 0.1) is 18.9 Å². The Kier molecular flexibility index (Phi) is 3.94. The highest BCUT2D eigenvalue weighted by Crippen LogP contribution is 2.18. The minimum atomic E-state index is -0.830. The molecule has 100 valence electrons. The van der Waals surface area contributed by atoms with Crippen molar-refractivity contribution in [2.45, 2.75) is 19.0 Å². The number of morpholine rings is 1. The van der Waals surface area contributed by atoms with Gasteiger partial charge < -0.3 is 10.5 Å². The number of nitrogens with two attached hydrogens (primary N) is 1. The van der Waals surface area contributed by atoms with E-state index in [1.165, 1.54) is 6.07 Å². The van der Waals surface area contributed by atoms with Crippen LogP contribution in [0, 0.1) is 11.6 Å². The molecule has 1 saturated heterocycles. The lowest BCUT2D eigenvalue weighted by Gasteiger charge is -2.40. The van der Waals surface area contributed by atoms with Crippen molar-refractivity contribution in [3.8, 4) is 0 Å². The molecule has 0 spiro atoms. The first-order valence-corrected chi connectivity index (χ1v) is 6.05. The number of rotatable bonds is 3. The van der Waals surface area contributed by atoms with Gasteiger partial charge in [-0.3, -0.25) is 4.90 Å². The predicted molar refractivity (Wildman–Crippen MR) is 65.0 cm³/mol. The molecule has 0 aromatic heterocycles. The van der Waals surface area contributed by atoms with E-state index in [1.54, 1.807) is 6.07 Å². The largest absolute Gasteiger partial charge is 0.379 e. The summed E-state index contributed by atoms with van der Waals surface area (Å²) in [5.74, 6) is -1.66. The topological polar surface area (TPSA) is 38.5 Å². The summed E-state index contributed by atoms with van der Waals surface area (Å²) >= 11 is 0. The van der Waals surface area contributed by atoms with Crippen molar-refractivity contribution in [1.29, 1.82) is 0 Å². The van der Waals surface area contributed by atoms with Crippen molar-refractivity contribution in [1.82, 2.24) is 4.90 Å². The predicted octanol–water partition coefficient (Wildman–Crippen LogP) is 1.51. The molecule has 1 atom stereocenters. The van der Waals surface area contributed by atoms with Crippen LogP contribution in [0.15, 0.2) is 18.2 Å². The average molecular weight is 256 g/mol. The summed E-state index contributed by atoms with van der Waals surface area (Å²) in [5.41, 5.74) is 6.39. The van der Waals surface area contributed by atoms with E-state index >= 15 is 0 Å². The van der Waals surface area contributed by atoms with Crippen LogP contribution in [-0.4, -0.2) is 36.9 Å². The molecule has 0 aliphatic carbocycles. The smallest absolute Gasteiger partial charge is 0.159 e. The first-order chi connectivity index (χ1) is 8.49. The quantitative estimate of drug-likeness (QED) is 0.891. The maximum absolute atomic E-state index is 13.1. The van der Waals surface area contributed by atoms with Gasteiger partial charge in [0.1, 0.15) is 0 Å². The van der Waals surface area contributed by atoms with E-state index in [9.17, 15) is 8.78 Å². The molecular weight excluding hydrogens is 238 g/mol. The van der Waals surface area contributed by atoms with E-state index in [1.807, 2.05) is 6.92 Å². The molecule has 2 rings (SSSR count). The fraction of sp³-hybridized carbons (Fsp3) is 0.538. The van der Waals surface area contributed by atoms with E-state index in [0.717, 1.165) is 19.2 Å². The van der Waals surface area contributed by atoms with Crippen molar-refractivity contribution in [3.63, 3.8) is 0 Å². The molecule has 2 N–H and O–H groups in total. The monoisotopic (exact) mass is 256 g/mol.